The lowest BCUT2D eigenvalue weighted by Crippen LogP contribution is -2.06. The lowest BCUT2D eigenvalue weighted by molar-refractivity contribution is -0.137. The van der Waals surface area contributed by atoms with Crippen LogP contribution < -0.4 is 5.32 Å². The maximum Gasteiger partial charge on any atom is 0.416 e. The third kappa shape index (κ3) is 3.99. The Morgan fingerprint density at radius 2 is 1.74 bits per heavy atom. The van der Waals surface area contributed by atoms with Crippen molar-refractivity contribution < 1.29 is 13.2 Å². The molecule has 1 nitrogen and oxygen atoms in total. The summed E-state index contributed by atoms with van der Waals surface area (Å²) in [5.74, 6) is 0. The van der Waals surface area contributed by atoms with E-state index >= 15 is 0 Å². The smallest absolute Gasteiger partial charge is 0.381 e. The monoisotopic (exact) mass is 329 g/mol. The van der Waals surface area contributed by atoms with Crippen LogP contribution in [0.4, 0.5) is 18.9 Å². The van der Waals surface area contributed by atoms with Crippen LogP contribution in [0.1, 0.15) is 11.1 Å². The van der Waals surface area contributed by atoms with E-state index in [0.717, 1.165) is 22.2 Å². The highest BCUT2D eigenvalue weighted by atomic mass is 79.9. The van der Waals surface area contributed by atoms with Crippen molar-refractivity contribution in [2.24, 2.45) is 0 Å². The highest BCUT2D eigenvalue weighted by Gasteiger charge is 2.30. The number of alkyl halides is 3. The Hall–Kier alpha value is -1.49. The summed E-state index contributed by atoms with van der Waals surface area (Å²) in [5.41, 5.74) is 0.799. The van der Waals surface area contributed by atoms with E-state index in [4.69, 9.17) is 0 Å². The number of halogens is 4. The fourth-order valence-corrected chi connectivity index (χ4v) is 2.10. The van der Waals surface area contributed by atoms with Crippen molar-refractivity contribution in [2.75, 3.05) is 5.32 Å². The van der Waals surface area contributed by atoms with Crippen LogP contribution >= 0.6 is 15.9 Å². The molecule has 0 aliphatic carbocycles. The third-order valence-electron chi connectivity index (χ3n) is 2.58. The summed E-state index contributed by atoms with van der Waals surface area (Å²) >= 11 is 3.35. The first-order valence-electron chi connectivity index (χ1n) is 5.61. The molecule has 0 radical (unpaired) electrons. The molecule has 0 aliphatic rings. The Morgan fingerprint density at radius 1 is 1.00 bits per heavy atom. The summed E-state index contributed by atoms with van der Waals surface area (Å²) < 4.78 is 38.6. The SMILES string of the molecule is FC(F)(F)c1cccc(NCc2cccc(Br)c2)c1. The summed E-state index contributed by atoms with van der Waals surface area (Å²) in [6, 6.07) is 12.8. The van der Waals surface area contributed by atoms with Crippen LogP contribution in [0.15, 0.2) is 53.0 Å². The van der Waals surface area contributed by atoms with Gasteiger partial charge in [0, 0.05) is 16.7 Å². The van der Waals surface area contributed by atoms with Gasteiger partial charge >= 0.3 is 6.18 Å². The van der Waals surface area contributed by atoms with Crippen molar-refractivity contribution in [3.63, 3.8) is 0 Å². The zero-order valence-corrected chi connectivity index (χ0v) is 11.4. The molecule has 0 atom stereocenters. The molecule has 0 aromatic heterocycles. The molecule has 100 valence electrons. The van der Waals surface area contributed by atoms with Gasteiger partial charge in [0.15, 0.2) is 0 Å². The second-order valence-corrected chi connectivity index (χ2v) is 4.98. The van der Waals surface area contributed by atoms with Crippen LogP contribution in [0, 0.1) is 0 Å². The molecule has 0 amide bonds. The van der Waals surface area contributed by atoms with Crippen LogP contribution in [0.5, 0.6) is 0 Å². The van der Waals surface area contributed by atoms with Crippen LogP contribution in [0.3, 0.4) is 0 Å². The molecule has 5 heteroatoms. The molecule has 0 saturated carbocycles. The molecular formula is C14H11BrF3N. The second-order valence-electron chi connectivity index (χ2n) is 4.06. The van der Waals surface area contributed by atoms with Crippen molar-refractivity contribution in [2.45, 2.75) is 12.7 Å². The van der Waals surface area contributed by atoms with Crippen molar-refractivity contribution >= 4 is 21.6 Å². The molecule has 1 N–H and O–H groups in total. The number of rotatable bonds is 3. The average Bonchev–Trinajstić information content (AvgIpc) is 2.36. The van der Waals surface area contributed by atoms with E-state index in [2.05, 4.69) is 21.2 Å². The number of nitrogens with one attached hydrogen (secondary N) is 1. The first kappa shape index (κ1) is 13.9. The predicted octanol–water partition coefficient (Wildman–Crippen LogP) is 5.08. The summed E-state index contributed by atoms with van der Waals surface area (Å²) in [4.78, 5) is 0. The van der Waals surface area contributed by atoms with Gasteiger partial charge in [0.2, 0.25) is 0 Å². The van der Waals surface area contributed by atoms with Crippen LogP contribution in [0.2, 0.25) is 0 Å². The zero-order chi connectivity index (χ0) is 13.9. The van der Waals surface area contributed by atoms with Gasteiger partial charge in [-0.05, 0) is 35.9 Å². The summed E-state index contributed by atoms with van der Waals surface area (Å²) in [6.07, 6.45) is -4.31. The van der Waals surface area contributed by atoms with E-state index in [0.29, 0.717) is 12.2 Å². The molecule has 0 aliphatic heterocycles. The molecule has 2 rings (SSSR count). The van der Waals surface area contributed by atoms with Crippen LogP contribution in [-0.2, 0) is 12.7 Å². The van der Waals surface area contributed by atoms with Crippen molar-refractivity contribution in [3.05, 3.63) is 64.1 Å². The third-order valence-corrected chi connectivity index (χ3v) is 3.07. The van der Waals surface area contributed by atoms with Crippen molar-refractivity contribution in [1.82, 2.24) is 0 Å². The molecule has 0 spiro atoms. The first-order chi connectivity index (χ1) is 8.95. The summed E-state index contributed by atoms with van der Waals surface area (Å²) in [6.45, 7) is 0.473. The highest BCUT2D eigenvalue weighted by Crippen LogP contribution is 2.30. The average molecular weight is 330 g/mol. The quantitative estimate of drug-likeness (QED) is 0.827. The number of hydrogen-bond donors (Lipinski definition) is 1. The van der Waals surface area contributed by atoms with Gasteiger partial charge in [-0.15, -0.1) is 0 Å². The van der Waals surface area contributed by atoms with Gasteiger partial charge in [0.05, 0.1) is 5.56 Å². The lowest BCUT2D eigenvalue weighted by Gasteiger charge is -2.10. The molecule has 0 unspecified atom stereocenters. The van der Waals surface area contributed by atoms with Gasteiger partial charge in [-0.3, -0.25) is 0 Å². The lowest BCUT2D eigenvalue weighted by atomic mass is 10.2. The Kier molecular flexibility index (Phi) is 4.14. The minimum Gasteiger partial charge on any atom is -0.381 e. The van der Waals surface area contributed by atoms with E-state index in [1.807, 2.05) is 24.3 Å². The van der Waals surface area contributed by atoms with Crippen LogP contribution in [0.25, 0.3) is 0 Å². The normalized spacial score (nSPS) is 11.4. The van der Waals surface area contributed by atoms with Gasteiger partial charge in [-0.1, -0.05) is 34.1 Å². The van der Waals surface area contributed by atoms with E-state index in [-0.39, 0.29) is 0 Å². The minimum absolute atomic E-state index is 0.454. The standard InChI is InChI=1S/C14H11BrF3N/c15-12-5-1-3-10(7-12)9-19-13-6-2-4-11(8-13)14(16,17)18/h1-8,19H,9H2. The molecule has 0 heterocycles. The fourth-order valence-electron chi connectivity index (χ4n) is 1.66. The maximum atomic E-state index is 12.6. The molecule has 2 aromatic rings. The first-order valence-corrected chi connectivity index (χ1v) is 6.40. The molecule has 2 aromatic carbocycles. The highest BCUT2D eigenvalue weighted by molar-refractivity contribution is 9.10. The number of hydrogen-bond acceptors (Lipinski definition) is 1. The maximum absolute atomic E-state index is 12.6. The van der Waals surface area contributed by atoms with Gasteiger partial charge in [-0.2, -0.15) is 13.2 Å². The molecule has 0 bridgehead atoms. The van der Waals surface area contributed by atoms with Gasteiger partial charge < -0.3 is 5.32 Å². The minimum atomic E-state index is -4.31. The van der Waals surface area contributed by atoms with E-state index in [9.17, 15) is 13.2 Å². The number of benzene rings is 2. The van der Waals surface area contributed by atoms with E-state index in [1.54, 1.807) is 6.07 Å². The Labute approximate surface area is 117 Å². The molecular weight excluding hydrogens is 319 g/mol. The topological polar surface area (TPSA) is 12.0 Å². The summed E-state index contributed by atoms with van der Waals surface area (Å²) in [5, 5.41) is 2.98. The van der Waals surface area contributed by atoms with Crippen molar-refractivity contribution in [3.8, 4) is 0 Å². The van der Waals surface area contributed by atoms with Crippen LogP contribution in [-0.4, -0.2) is 0 Å². The Bertz CT molecular complexity index is 567. The fraction of sp³-hybridized carbons (Fsp3) is 0.143. The Balaban J connectivity index is 2.08. The van der Waals surface area contributed by atoms with E-state index in [1.165, 1.54) is 6.07 Å². The van der Waals surface area contributed by atoms with Crippen molar-refractivity contribution in [1.29, 1.82) is 0 Å². The second kappa shape index (κ2) is 5.65. The molecule has 0 fully saturated rings. The summed E-state index contributed by atoms with van der Waals surface area (Å²) in [7, 11) is 0. The van der Waals surface area contributed by atoms with Gasteiger partial charge in [0.1, 0.15) is 0 Å². The molecule has 0 saturated heterocycles. The molecule has 19 heavy (non-hydrogen) atoms. The predicted molar refractivity (Wildman–Crippen MR) is 72.9 cm³/mol. The Morgan fingerprint density at radius 3 is 2.42 bits per heavy atom. The zero-order valence-electron chi connectivity index (χ0n) is 9.84. The number of anilines is 1. The largest absolute Gasteiger partial charge is 0.416 e. The van der Waals surface area contributed by atoms with E-state index < -0.39 is 11.7 Å². The van der Waals surface area contributed by atoms with Gasteiger partial charge in [0.25, 0.3) is 0 Å². The van der Waals surface area contributed by atoms with Gasteiger partial charge in [-0.25, -0.2) is 0 Å².